The Hall–Kier alpha value is -1.40. The summed E-state index contributed by atoms with van der Waals surface area (Å²) in [7, 11) is 0. The molecule has 1 aromatic heterocycles. The summed E-state index contributed by atoms with van der Waals surface area (Å²) >= 11 is 7.67. The number of carbonyl (C=O) groups excluding carboxylic acids is 1. The molecule has 0 spiro atoms. The second-order valence-corrected chi connectivity index (χ2v) is 6.99. The molecule has 2 aromatic rings. The molecule has 1 fully saturated rings. The van der Waals surface area contributed by atoms with Crippen LogP contribution in [0, 0.1) is 0 Å². The van der Waals surface area contributed by atoms with E-state index in [1.165, 1.54) is 0 Å². The SMILES string of the molecule is O=C(c1ccccc1Cl)N1CCN(CC(O)c2cccs2)CC1. The summed E-state index contributed by atoms with van der Waals surface area (Å²) in [6.45, 7) is 3.44. The minimum absolute atomic E-state index is 0.0194. The van der Waals surface area contributed by atoms with Crippen molar-refractivity contribution in [2.75, 3.05) is 32.7 Å². The highest BCUT2D eigenvalue weighted by atomic mass is 35.5. The smallest absolute Gasteiger partial charge is 0.255 e. The number of halogens is 1. The van der Waals surface area contributed by atoms with Gasteiger partial charge in [-0.15, -0.1) is 11.3 Å². The van der Waals surface area contributed by atoms with Gasteiger partial charge in [-0.2, -0.15) is 0 Å². The third kappa shape index (κ3) is 3.93. The van der Waals surface area contributed by atoms with Crippen molar-refractivity contribution in [1.82, 2.24) is 9.80 Å². The van der Waals surface area contributed by atoms with E-state index in [0.717, 1.165) is 18.0 Å². The van der Waals surface area contributed by atoms with Crippen molar-refractivity contribution in [3.63, 3.8) is 0 Å². The number of aliphatic hydroxyl groups excluding tert-OH is 1. The number of hydrogen-bond acceptors (Lipinski definition) is 4. The van der Waals surface area contributed by atoms with Gasteiger partial charge in [0.1, 0.15) is 6.10 Å². The van der Waals surface area contributed by atoms with Gasteiger partial charge in [0.15, 0.2) is 0 Å². The fourth-order valence-electron chi connectivity index (χ4n) is 2.75. The van der Waals surface area contributed by atoms with E-state index >= 15 is 0 Å². The third-order valence-corrected chi connectivity index (χ3v) is 5.37. The molecule has 0 aliphatic carbocycles. The first-order valence-corrected chi connectivity index (χ1v) is 8.88. The Bertz CT molecular complexity index is 654. The van der Waals surface area contributed by atoms with Crippen molar-refractivity contribution in [1.29, 1.82) is 0 Å². The van der Waals surface area contributed by atoms with Gasteiger partial charge in [-0.25, -0.2) is 0 Å². The van der Waals surface area contributed by atoms with Gasteiger partial charge in [-0.05, 0) is 23.6 Å². The van der Waals surface area contributed by atoms with Gasteiger partial charge in [0.2, 0.25) is 0 Å². The molecule has 1 aliphatic rings. The van der Waals surface area contributed by atoms with Crippen molar-refractivity contribution in [2.45, 2.75) is 6.10 Å². The zero-order chi connectivity index (χ0) is 16.2. The predicted molar refractivity (Wildman–Crippen MR) is 93.1 cm³/mol. The molecule has 2 heterocycles. The summed E-state index contributed by atoms with van der Waals surface area (Å²) in [5.74, 6) is -0.0194. The number of β-amino-alcohol motifs (C(OH)–C–C–N with tert-alkyl or cyclic N) is 1. The average molecular weight is 351 g/mol. The third-order valence-electron chi connectivity index (χ3n) is 4.07. The topological polar surface area (TPSA) is 43.8 Å². The zero-order valence-electron chi connectivity index (χ0n) is 12.7. The highest BCUT2D eigenvalue weighted by Gasteiger charge is 2.24. The Morgan fingerprint density at radius 2 is 1.91 bits per heavy atom. The molecule has 6 heteroatoms. The van der Waals surface area contributed by atoms with Crippen LogP contribution in [0.1, 0.15) is 21.3 Å². The van der Waals surface area contributed by atoms with E-state index in [4.69, 9.17) is 11.6 Å². The second-order valence-electron chi connectivity index (χ2n) is 5.60. The maximum atomic E-state index is 12.5. The number of benzene rings is 1. The van der Waals surface area contributed by atoms with Crippen LogP contribution < -0.4 is 0 Å². The fourth-order valence-corrected chi connectivity index (χ4v) is 3.67. The first kappa shape index (κ1) is 16.5. The molecule has 1 atom stereocenters. The molecular weight excluding hydrogens is 332 g/mol. The summed E-state index contributed by atoms with van der Waals surface area (Å²) in [6.07, 6.45) is -0.458. The zero-order valence-corrected chi connectivity index (χ0v) is 14.3. The Balaban J connectivity index is 1.54. The lowest BCUT2D eigenvalue weighted by Gasteiger charge is -2.35. The lowest BCUT2D eigenvalue weighted by atomic mass is 10.1. The van der Waals surface area contributed by atoms with Gasteiger partial charge < -0.3 is 10.0 Å². The molecule has 122 valence electrons. The van der Waals surface area contributed by atoms with E-state index in [0.29, 0.717) is 30.2 Å². The van der Waals surface area contributed by atoms with Crippen LogP contribution in [0.3, 0.4) is 0 Å². The molecule has 0 radical (unpaired) electrons. The lowest BCUT2D eigenvalue weighted by molar-refractivity contribution is 0.0533. The standard InChI is InChI=1S/C17H19ClN2O2S/c18-14-5-2-1-4-13(14)17(22)20-9-7-19(8-10-20)12-15(21)16-6-3-11-23-16/h1-6,11,15,21H,7-10,12H2. The van der Waals surface area contributed by atoms with Crippen molar-refractivity contribution in [3.8, 4) is 0 Å². The normalized spacial score (nSPS) is 17.2. The van der Waals surface area contributed by atoms with Crippen LogP contribution in [0.4, 0.5) is 0 Å². The molecule has 1 amide bonds. The molecule has 4 nitrogen and oxygen atoms in total. The number of hydrogen-bond donors (Lipinski definition) is 1. The van der Waals surface area contributed by atoms with E-state index in [-0.39, 0.29) is 5.91 Å². The number of piperazine rings is 1. The summed E-state index contributed by atoms with van der Waals surface area (Å²) in [4.78, 5) is 17.5. The van der Waals surface area contributed by atoms with Crippen LogP contribution in [0.5, 0.6) is 0 Å². The summed E-state index contributed by atoms with van der Waals surface area (Å²) < 4.78 is 0. The number of carbonyl (C=O) groups is 1. The van der Waals surface area contributed by atoms with E-state index in [1.807, 2.05) is 34.5 Å². The molecule has 3 rings (SSSR count). The first-order valence-electron chi connectivity index (χ1n) is 7.63. The molecule has 1 N–H and O–H groups in total. The van der Waals surface area contributed by atoms with E-state index in [1.54, 1.807) is 23.5 Å². The molecule has 23 heavy (non-hydrogen) atoms. The van der Waals surface area contributed by atoms with Gasteiger partial charge in [0, 0.05) is 37.6 Å². The summed E-state index contributed by atoms with van der Waals surface area (Å²) in [5.41, 5.74) is 0.557. The predicted octanol–water partition coefficient (Wildman–Crippen LogP) is 2.89. The Morgan fingerprint density at radius 3 is 2.57 bits per heavy atom. The fraction of sp³-hybridized carbons (Fsp3) is 0.353. The summed E-state index contributed by atoms with van der Waals surface area (Å²) in [6, 6.07) is 11.0. The van der Waals surface area contributed by atoms with Crippen molar-refractivity contribution in [2.24, 2.45) is 0 Å². The molecule has 1 aromatic carbocycles. The Morgan fingerprint density at radius 1 is 1.17 bits per heavy atom. The number of amides is 1. The number of nitrogens with zero attached hydrogens (tertiary/aromatic N) is 2. The monoisotopic (exact) mass is 350 g/mol. The molecule has 1 unspecified atom stereocenters. The van der Waals surface area contributed by atoms with Crippen molar-refractivity contribution in [3.05, 3.63) is 57.2 Å². The lowest BCUT2D eigenvalue weighted by Crippen LogP contribution is -2.49. The number of rotatable bonds is 4. The van der Waals surface area contributed by atoms with Crippen molar-refractivity contribution < 1.29 is 9.90 Å². The highest BCUT2D eigenvalue weighted by molar-refractivity contribution is 7.10. The molecule has 1 aliphatic heterocycles. The second kappa shape index (κ2) is 7.45. The van der Waals surface area contributed by atoms with Crippen LogP contribution in [0.2, 0.25) is 5.02 Å². The van der Waals surface area contributed by atoms with Gasteiger partial charge in [-0.3, -0.25) is 9.69 Å². The highest BCUT2D eigenvalue weighted by Crippen LogP contribution is 2.21. The van der Waals surface area contributed by atoms with E-state index in [9.17, 15) is 9.90 Å². The van der Waals surface area contributed by atoms with Crippen LogP contribution in [-0.4, -0.2) is 53.5 Å². The molecular formula is C17H19ClN2O2S. The van der Waals surface area contributed by atoms with Crippen LogP contribution in [-0.2, 0) is 0 Å². The first-order chi connectivity index (χ1) is 11.1. The number of thiophene rings is 1. The maximum absolute atomic E-state index is 12.5. The Kier molecular flexibility index (Phi) is 5.33. The van der Waals surface area contributed by atoms with Crippen LogP contribution >= 0.6 is 22.9 Å². The van der Waals surface area contributed by atoms with Crippen molar-refractivity contribution >= 4 is 28.8 Å². The maximum Gasteiger partial charge on any atom is 0.255 e. The van der Waals surface area contributed by atoms with E-state index < -0.39 is 6.10 Å². The Labute approximate surface area is 144 Å². The largest absolute Gasteiger partial charge is 0.386 e. The quantitative estimate of drug-likeness (QED) is 0.922. The average Bonchev–Trinajstić information content (AvgIpc) is 3.10. The minimum Gasteiger partial charge on any atom is -0.386 e. The molecule has 1 saturated heterocycles. The van der Waals surface area contributed by atoms with Gasteiger partial charge in [-0.1, -0.05) is 29.8 Å². The van der Waals surface area contributed by atoms with Gasteiger partial charge >= 0.3 is 0 Å². The van der Waals surface area contributed by atoms with Gasteiger partial charge in [0.25, 0.3) is 5.91 Å². The minimum atomic E-state index is -0.458. The molecule has 0 bridgehead atoms. The van der Waals surface area contributed by atoms with E-state index in [2.05, 4.69) is 4.90 Å². The van der Waals surface area contributed by atoms with Crippen LogP contribution in [0.25, 0.3) is 0 Å². The molecule has 0 saturated carbocycles. The summed E-state index contributed by atoms with van der Waals surface area (Å²) in [5, 5.41) is 12.7. The number of aliphatic hydroxyl groups is 1. The van der Waals surface area contributed by atoms with Gasteiger partial charge in [0.05, 0.1) is 10.6 Å². The van der Waals surface area contributed by atoms with Crippen LogP contribution in [0.15, 0.2) is 41.8 Å².